The minimum absolute atomic E-state index is 0.0140. The Kier molecular flexibility index (Phi) is 4.40. The van der Waals surface area contributed by atoms with Gasteiger partial charge in [-0.3, -0.25) is 0 Å². The summed E-state index contributed by atoms with van der Waals surface area (Å²) >= 11 is 0. The van der Waals surface area contributed by atoms with Gasteiger partial charge in [-0.05, 0) is 116 Å². The molecule has 2 nitrogen and oxygen atoms in total. The standard InChI is InChI=1S/C50H33NO/c1-2-9-34(10-3-1)36-19-25-43(26-20-36)51(45-14-8-13-39(33-45)41-18-17-35-11-4-5-12-38(35)31-41)44-27-21-37(22-28-44)40-23-29-46-42(32-40)24-30-49-50(46)47-15-6-7-16-48(47)52-49/h1-33H/i1D,2D,3D,4D,5D,9D,10D,12D,17D,18D,19D,20D,25D,26D,31D. The monoisotopic (exact) mass is 678 g/mol. The molecule has 0 N–H and O–H groups in total. The van der Waals surface area contributed by atoms with Crippen LogP contribution < -0.4 is 4.90 Å². The van der Waals surface area contributed by atoms with Crippen molar-refractivity contribution in [1.29, 1.82) is 0 Å². The first-order valence-corrected chi connectivity index (χ1v) is 16.5. The topological polar surface area (TPSA) is 16.4 Å². The van der Waals surface area contributed by atoms with Gasteiger partial charge in [0.25, 0.3) is 0 Å². The molecular weight excluding hydrogens is 631 g/mol. The molecule has 2 heteroatoms. The summed E-state index contributed by atoms with van der Waals surface area (Å²) in [5.74, 6) is 0. The van der Waals surface area contributed by atoms with Crippen LogP contribution in [0.15, 0.2) is 204 Å². The summed E-state index contributed by atoms with van der Waals surface area (Å²) < 4.78 is 137. The number of furan rings is 1. The van der Waals surface area contributed by atoms with E-state index < -0.39 is 77.6 Å². The molecular formula is C50H33NO. The van der Waals surface area contributed by atoms with E-state index >= 15 is 0 Å². The highest BCUT2D eigenvalue weighted by Crippen LogP contribution is 2.40. The maximum atomic E-state index is 9.43. The molecule has 52 heavy (non-hydrogen) atoms. The summed E-state index contributed by atoms with van der Waals surface area (Å²) in [4.78, 5) is 1.46. The molecule has 0 aliphatic heterocycles. The number of anilines is 3. The number of benzene rings is 9. The van der Waals surface area contributed by atoms with Crippen molar-refractivity contribution >= 4 is 60.5 Å². The van der Waals surface area contributed by atoms with E-state index in [9.17, 15) is 6.85 Å². The lowest BCUT2D eigenvalue weighted by molar-refractivity contribution is 0.669. The summed E-state index contributed by atoms with van der Waals surface area (Å²) in [6.45, 7) is 0. The van der Waals surface area contributed by atoms with Crippen LogP contribution in [-0.2, 0) is 0 Å². The largest absolute Gasteiger partial charge is 0.456 e. The number of fused-ring (bicyclic) bond motifs is 6. The van der Waals surface area contributed by atoms with Crippen LogP contribution in [0, 0.1) is 0 Å². The molecule has 0 saturated heterocycles. The van der Waals surface area contributed by atoms with E-state index in [1.165, 1.54) is 11.0 Å². The van der Waals surface area contributed by atoms with Crippen molar-refractivity contribution in [2.75, 3.05) is 4.90 Å². The molecule has 0 saturated carbocycles. The highest BCUT2D eigenvalue weighted by atomic mass is 16.3. The van der Waals surface area contributed by atoms with Gasteiger partial charge in [-0.15, -0.1) is 0 Å². The van der Waals surface area contributed by atoms with E-state index in [2.05, 4.69) is 6.07 Å². The Bertz CT molecular complexity index is 3720. The number of hydrogen-bond donors (Lipinski definition) is 0. The fourth-order valence-electron chi connectivity index (χ4n) is 6.64. The van der Waals surface area contributed by atoms with Gasteiger partial charge < -0.3 is 9.32 Å². The zero-order valence-corrected chi connectivity index (χ0v) is 27.2. The molecule has 0 fully saturated rings. The first-order valence-electron chi connectivity index (χ1n) is 24.0. The molecule has 10 rings (SSSR count). The molecule has 0 aliphatic carbocycles. The zero-order valence-electron chi connectivity index (χ0n) is 42.2. The smallest absolute Gasteiger partial charge is 0.136 e. The Morgan fingerprint density at radius 2 is 1.15 bits per heavy atom. The Balaban J connectivity index is 1.17. The predicted molar refractivity (Wildman–Crippen MR) is 220 cm³/mol. The summed E-state index contributed by atoms with van der Waals surface area (Å²) in [6.07, 6.45) is 0. The van der Waals surface area contributed by atoms with Crippen molar-refractivity contribution in [1.82, 2.24) is 0 Å². The minimum Gasteiger partial charge on any atom is -0.456 e. The fourth-order valence-corrected chi connectivity index (χ4v) is 6.64. The van der Waals surface area contributed by atoms with Crippen LogP contribution in [0.25, 0.3) is 76.9 Å². The van der Waals surface area contributed by atoms with Crippen molar-refractivity contribution in [3.05, 3.63) is 200 Å². The molecule has 0 aliphatic rings. The van der Waals surface area contributed by atoms with Crippen LogP contribution in [0.2, 0.25) is 0 Å². The first kappa shape index (κ1) is 18.4. The van der Waals surface area contributed by atoms with Crippen molar-refractivity contribution in [2.24, 2.45) is 0 Å². The molecule has 0 spiro atoms. The van der Waals surface area contributed by atoms with Gasteiger partial charge in [0.1, 0.15) is 11.2 Å². The molecule has 1 aromatic heterocycles. The third kappa shape index (κ3) is 5.30. The van der Waals surface area contributed by atoms with Gasteiger partial charge in [0, 0.05) is 27.8 Å². The lowest BCUT2D eigenvalue weighted by Crippen LogP contribution is -2.10. The van der Waals surface area contributed by atoms with Crippen LogP contribution in [0.4, 0.5) is 17.1 Å². The van der Waals surface area contributed by atoms with Crippen LogP contribution in [-0.4, -0.2) is 0 Å². The Labute approximate surface area is 323 Å². The summed E-state index contributed by atoms with van der Waals surface area (Å²) in [6, 6.07) is 24.4. The molecule has 9 aromatic carbocycles. The van der Waals surface area contributed by atoms with Crippen molar-refractivity contribution in [3.63, 3.8) is 0 Å². The number of para-hydroxylation sites is 1. The highest BCUT2D eigenvalue weighted by Gasteiger charge is 2.16. The molecule has 0 bridgehead atoms. The molecule has 244 valence electrons. The summed E-state index contributed by atoms with van der Waals surface area (Å²) in [5, 5.41) is 3.94. The Morgan fingerprint density at radius 3 is 2.04 bits per heavy atom. The first-order chi connectivity index (χ1) is 32.0. The van der Waals surface area contributed by atoms with Gasteiger partial charge in [-0.1, -0.05) is 139 Å². The normalized spacial score (nSPS) is 15.5. The van der Waals surface area contributed by atoms with Crippen molar-refractivity contribution in [3.8, 4) is 33.4 Å². The Hall–Kier alpha value is -6.90. The number of hydrogen-bond acceptors (Lipinski definition) is 2. The van der Waals surface area contributed by atoms with E-state index in [0.717, 1.165) is 43.8 Å². The Morgan fingerprint density at radius 1 is 0.385 bits per heavy atom. The van der Waals surface area contributed by atoms with Crippen LogP contribution in [0.1, 0.15) is 20.6 Å². The van der Waals surface area contributed by atoms with E-state index in [0.29, 0.717) is 5.69 Å². The molecule has 0 unspecified atom stereocenters. The van der Waals surface area contributed by atoms with Crippen molar-refractivity contribution in [2.45, 2.75) is 0 Å². The highest BCUT2D eigenvalue weighted by molar-refractivity contribution is 6.19. The van der Waals surface area contributed by atoms with Gasteiger partial charge in [0.15, 0.2) is 0 Å². The SMILES string of the molecule is [2H]c1cc2c([2H])c([2H])c(-c3cccc(N(c4ccc(-c5ccc6c(ccc7oc8ccccc8c76)c5)cc4)c4c([2H])c([2H])c(-c5c([2H])c([2H])c([2H])c([2H])c5[2H])c([2H])c4[2H])c3)c([2H])c2c([2H])c1[2H]. The second-order valence-electron chi connectivity index (χ2n) is 12.2. The number of nitrogens with zero attached hydrogens (tertiary/aromatic N) is 1. The molecule has 0 atom stereocenters. The maximum Gasteiger partial charge on any atom is 0.136 e. The van der Waals surface area contributed by atoms with Gasteiger partial charge in [0.05, 0.1) is 20.6 Å². The average molecular weight is 679 g/mol. The second kappa shape index (κ2) is 12.5. The van der Waals surface area contributed by atoms with Gasteiger partial charge in [-0.25, -0.2) is 0 Å². The van der Waals surface area contributed by atoms with E-state index in [1.807, 2.05) is 60.7 Å². The maximum absolute atomic E-state index is 9.43. The van der Waals surface area contributed by atoms with Gasteiger partial charge >= 0.3 is 0 Å². The quantitative estimate of drug-likeness (QED) is 0.174. The van der Waals surface area contributed by atoms with Gasteiger partial charge in [0.2, 0.25) is 0 Å². The third-order valence-corrected chi connectivity index (χ3v) is 9.11. The third-order valence-electron chi connectivity index (χ3n) is 9.11. The summed E-state index contributed by atoms with van der Waals surface area (Å²) in [7, 11) is 0. The van der Waals surface area contributed by atoms with Crippen molar-refractivity contribution < 1.29 is 25.0 Å². The lowest BCUT2D eigenvalue weighted by atomic mass is 9.98. The van der Waals surface area contributed by atoms with Crippen LogP contribution >= 0.6 is 0 Å². The minimum atomic E-state index is -0.700. The average Bonchev–Trinajstić information content (AvgIpc) is 3.72. The predicted octanol–water partition coefficient (Wildman–Crippen LogP) is 14.4. The van der Waals surface area contributed by atoms with E-state index in [1.54, 1.807) is 36.4 Å². The van der Waals surface area contributed by atoms with Gasteiger partial charge in [-0.2, -0.15) is 0 Å². The molecule has 1 heterocycles. The van der Waals surface area contributed by atoms with Crippen LogP contribution in [0.5, 0.6) is 0 Å². The van der Waals surface area contributed by atoms with E-state index in [-0.39, 0.29) is 57.4 Å². The van der Waals surface area contributed by atoms with E-state index in [4.69, 9.17) is 18.1 Å². The molecule has 10 aromatic rings. The fraction of sp³-hybridized carbons (Fsp3) is 0. The lowest BCUT2D eigenvalue weighted by Gasteiger charge is -2.26. The zero-order chi connectivity index (χ0) is 47.5. The summed E-state index contributed by atoms with van der Waals surface area (Å²) in [5.41, 5.74) is 2.80. The molecule has 0 radical (unpaired) electrons. The molecule has 0 amide bonds. The van der Waals surface area contributed by atoms with Crippen LogP contribution in [0.3, 0.4) is 0 Å². The second-order valence-corrected chi connectivity index (χ2v) is 12.2. The number of rotatable bonds is 6.